The summed E-state index contributed by atoms with van der Waals surface area (Å²) in [6.07, 6.45) is 5.61. The van der Waals surface area contributed by atoms with Gasteiger partial charge in [0.2, 0.25) is 11.8 Å². The maximum absolute atomic E-state index is 13.4. The van der Waals surface area contributed by atoms with Gasteiger partial charge in [-0.15, -0.1) is 0 Å². The lowest BCUT2D eigenvalue weighted by atomic mass is 9.88. The highest BCUT2D eigenvalue weighted by Crippen LogP contribution is 2.38. The molecular formula is C59H111N3O21. The van der Waals surface area contributed by atoms with Crippen LogP contribution in [0.4, 0.5) is 0 Å². The summed E-state index contributed by atoms with van der Waals surface area (Å²) in [6, 6.07) is -2.61. The Hall–Kier alpha value is -2.57. The first-order chi connectivity index (χ1) is 39.4. The molecule has 17 N–H and O–H groups in total. The van der Waals surface area contributed by atoms with Gasteiger partial charge in [-0.25, -0.2) is 4.79 Å². The number of nitrogens with one attached hydrogen (secondary N) is 2. The number of carbonyl (C=O) groups excluding carboxylic acids is 2. The molecule has 3 rings (SSSR count). The fourth-order valence-electron chi connectivity index (χ4n) is 10.9. The number of hydrogen-bond donors (Lipinski definition) is 15. The van der Waals surface area contributed by atoms with Crippen LogP contribution in [0.2, 0.25) is 0 Å². The molecule has 0 saturated carbocycles. The Morgan fingerprint density at radius 2 is 1.13 bits per heavy atom. The molecule has 488 valence electrons. The fourth-order valence-corrected chi connectivity index (χ4v) is 10.9. The summed E-state index contributed by atoms with van der Waals surface area (Å²) in [6.45, 7) is 2.10. The number of ether oxygens (including phenoxy) is 6. The first-order valence-corrected chi connectivity index (χ1v) is 31.1. The van der Waals surface area contributed by atoms with Crippen LogP contribution in [0.15, 0.2) is 12.2 Å². The minimum absolute atomic E-state index is 0. The quantitative estimate of drug-likeness (QED) is 0.0307. The van der Waals surface area contributed by atoms with Gasteiger partial charge < -0.3 is 106 Å². The largest absolute Gasteiger partial charge is 0.477 e. The predicted octanol–water partition coefficient (Wildman–Crippen LogP) is 3.33. The highest BCUT2D eigenvalue weighted by atomic mass is 16.8. The Bertz CT molecular complexity index is 1740. The topological polar surface area (TPSA) is 408 Å². The molecule has 3 aliphatic heterocycles. The summed E-state index contributed by atoms with van der Waals surface area (Å²) in [7, 11) is 0. The zero-order valence-corrected chi connectivity index (χ0v) is 50.1. The van der Waals surface area contributed by atoms with Gasteiger partial charge in [0.25, 0.3) is 5.79 Å². The average molecular weight is 1200 g/mol. The molecule has 0 spiro atoms. The standard InChI is InChI=1S/C59H108N2O21.H3N/c1-4-6-8-10-12-14-16-18-19-21-23-25-27-29-31-33-46(69)61-40(41(66)32-30-28-26-24-22-20-17-15-13-11-9-7-5-2)38-77-56-51(73)50(72)53(45(37-64)79-56)80-57-52(74)55(49(71)44(36-63)78-57)82-59(58(75)76)34-42(67)47(60-39(3)65)54(81-59)48(70)43(68)35-62;/h30,32,40-45,47-57,62-64,66-68,70-74H,4-29,31,33-38H2,1-3H3,(H,60,65)(H,61,69)(H,75,76);1H3/b32-30+;/t40-,41+,42-,43+,44+,45+,47+,48+,49-,50+,51+,52+,53+,54+,55-,56+,57-,59-;/m0./s1. The van der Waals surface area contributed by atoms with E-state index >= 15 is 0 Å². The lowest BCUT2D eigenvalue weighted by Crippen LogP contribution is -2.70. The number of hydrogen-bond acceptors (Lipinski definition) is 21. The lowest BCUT2D eigenvalue weighted by Gasteiger charge is -2.50. The first-order valence-electron chi connectivity index (χ1n) is 31.1. The van der Waals surface area contributed by atoms with Crippen molar-refractivity contribution in [3.8, 4) is 0 Å². The maximum atomic E-state index is 13.4. The number of unbranched alkanes of at least 4 members (excludes halogenated alkanes) is 25. The third-order valence-corrected chi connectivity index (χ3v) is 16.0. The van der Waals surface area contributed by atoms with Crippen molar-refractivity contribution in [3.63, 3.8) is 0 Å². The predicted molar refractivity (Wildman–Crippen MR) is 307 cm³/mol. The molecule has 0 aromatic carbocycles. The zero-order chi connectivity index (χ0) is 60.5. The molecule has 24 heteroatoms. The van der Waals surface area contributed by atoms with Crippen LogP contribution in [0.5, 0.6) is 0 Å². The fraction of sp³-hybridized carbons (Fsp3) is 0.915. The van der Waals surface area contributed by atoms with E-state index in [-0.39, 0.29) is 18.5 Å². The minimum Gasteiger partial charge on any atom is -0.477 e. The van der Waals surface area contributed by atoms with E-state index in [0.717, 1.165) is 51.9 Å². The van der Waals surface area contributed by atoms with Gasteiger partial charge in [0.05, 0.1) is 50.7 Å². The Kier molecular flexibility index (Phi) is 39.8. The van der Waals surface area contributed by atoms with Gasteiger partial charge in [-0.05, 0) is 19.3 Å². The summed E-state index contributed by atoms with van der Waals surface area (Å²) < 4.78 is 34.7. The van der Waals surface area contributed by atoms with Crippen molar-refractivity contribution in [1.82, 2.24) is 16.8 Å². The summed E-state index contributed by atoms with van der Waals surface area (Å²) in [4.78, 5) is 38.4. The molecule has 2 amide bonds. The van der Waals surface area contributed by atoms with Crippen molar-refractivity contribution in [3.05, 3.63) is 12.2 Å². The molecule has 18 atom stereocenters. The first kappa shape index (κ1) is 76.5. The number of aliphatic carboxylic acids is 1. The van der Waals surface area contributed by atoms with E-state index in [1.165, 1.54) is 116 Å². The molecule has 3 saturated heterocycles. The van der Waals surface area contributed by atoms with Crippen LogP contribution < -0.4 is 16.8 Å². The van der Waals surface area contributed by atoms with Crippen LogP contribution in [-0.4, -0.2) is 215 Å². The second-order valence-electron chi connectivity index (χ2n) is 22.9. The van der Waals surface area contributed by atoms with Gasteiger partial charge >= 0.3 is 5.97 Å². The van der Waals surface area contributed by atoms with Crippen molar-refractivity contribution in [2.24, 2.45) is 0 Å². The monoisotopic (exact) mass is 1200 g/mol. The van der Waals surface area contributed by atoms with Crippen LogP contribution in [0.1, 0.15) is 207 Å². The minimum atomic E-state index is -3.08. The van der Waals surface area contributed by atoms with Crippen molar-refractivity contribution >= 4 is 17.8 Å². The summed E-state index contributed by atoms with van der Waals surface area (Å²) in [5, 5.41) is 135. The molecule has 3 heterocycles. The number of carboxylic acid groups (broad SMARTS) is 1. The second-order valence-corrected chi connectivity index (χ2v) is 22.9. The average Bonchev–Trinajstić information content (AvgIpc) is 3.65. The molecular weight excluding hydrogens is 1090 g/mol. The number of carbonyl (C=O) groups is 3. The van der Waals surface area contributed by atoms with Crippen molar-refractivity contribution in [1.29, 1.82) is 0 Å². The van der Waals surface area contributed by atoms with E-state index in [0.29, 0.717) is 12.8 Å². The Morgan fingerprint density at radius 3 is 1.61 bits per heavy atom. The molecule has 0 radical (unpaired) electrons. The van der Waals surface area contributed by atoms with Gasteiger partial charge in [0, 0.05) is 19.8 Å². The smallest absolute Gasteiger partial charge is 0.364 e. The molecule has 0 aliphatic carbocycles. The van der Waals surface area contributed by atoms with E-state index in [1.807, 2.05) is 6.08 Å². The number of rotatable bonds is 45. The lowest BCUT2D eigenvalue weighted by molar-refractivity contribution is -0.386. The summed E-state index contributed by atoms with van der Waals surface area (Å²) in [5.74, 6) is -6.14. The summed E-state index contributed by atoms with van der Waals surface area (Å²) in [5.41, 5.74) is 0. The molecule has 0 bridgehead atoms. The molecule has 3 fully saturated rings. The van der Waals surface area contributed by atoms with Gasteiger partial charge in [-0.1, -0.05) is 180 Å². The van der Waals surface area contributed by atoms with Crippen LogP contribution in [0.3, 0.4) is 0 Å². The molecule has 0 aromatic heterocycles. The van der Waals surface area contributed by atoms with E-state index in [1.54, 1.807) is 6.08 Å². The third kappa shape index (κ3) is 26.7. The molecule has 0 aromatic rings. The molecule has 24 nitrogen and oxygen atoms in total. The van der Waals surface area contributed by atoms with E-state index in [4.69, 9.17) is 28.4 Å². The Morgan fingerprint density at radius 1 is 0.639 bits per heavy atom. The Labute approximate surface area is 492 Å². The van der Waals surface area contributed by atoms with Gasteiger partial charge in [0.15, 0.2) is 12.6 Å². The molecule has 83 heavy (non-hydrogen) atoms. The van der Waals surface area contributed by atoms with Crippen molar-refractivity contribution in [2.45, 2.75) is 317 Å². The number of aliphatic hydroxyl groups excluding tert-OH is 11. The number of allylic oxidation sites excluding steroid dienone is 1. The second kappa shape index (κ2) is 43.1. The van der Waals surface area contributed by atoms with Crippen molar-refractivity contribution < 1.29 is 104 Å². The molecule has 3 aliphatic rings. The maximum Gasteiger partial charge on any atom is 0.364 e. The van der Waals surface area contributed by atoms with Crippen LogP contribution in [-0.2, 0) is 42.8 Å². The van der Waals surface area contributed by atoms with Gasteiger partial charge in [-0.3, -0.25) is 9.59 Å². The molecule has 0 unspecified atom stereocenters. The normalized spacial score (nSPS) is 29.9. The number of aliphatic hydroxyl groups is 11. The highest BCUT2D eigenvalue weighted by molar-refractivity contribution is 5.77. The van der Waals surface area contributed by atoms with Gasteiger partial charge in [0.1, 0.15) is 67.1 Å². The SMILES string of the molecule is CCCCCCCCCCCCC/C=C/[C@@H](O)[C@H](CO[C@@H]1O[C@H](CO)[C@@H](O[C@@H]2O[C@H](CO)[C@H](O)[C@H](O[C@]3(C(=O)O)C[C@H](O)[C@@H](NC(C)=O)[C@H]([C@H](O)[C@H](O)CO)O3)[C@H]2O)[C@H](O)[C@H]1O)NC(=O)CCCCCCCCCCCCCCCCC.N. The van der Waals surface area contributed by atoms with E-state index < -0.39 is 155 Å². The summed E-state index contributed by atoms with van der Waals surface area (Å²) >= 11 is 0. The van der Waals surface area contributed by atoms with Crippen molar-refractivity contribution in [2.75, 3.05) is 26.4 Å². The number of amides is 2. The van der Waals surface area contributed by atoms with Crippen LogP contribution in [0, 0.1) is 0 Å². The van der Waals surface area contributed by atoms with Crippen LogP contribution >= 0.6 is 0 Å². The van der Waals surface area contributed by atoms with Gasteiger partial charge in [-0.2, -0.15) is 0 Å². The zero-order valence-electron chi connectivity index (χ0n) is 50.1. The third-order valence-electron chi connectivity index (χ3n) is 16.0. The van der Waals surface area contributed by atoms with Crippen LogP contribution in [0.25, 0.3) is 0 Å². The van der Waals surface area contributed by atoms with E-state index in [9.17, 15) is 75.7 Å². The number of carboxylic acids is 1. The highest BCUT2D eigenvalue weighted by Gasteiger charge is 2.60. The van der Waals surface area contributed by atoms with E-state index in [2.05, 4.69) is 24.5 Å². The Balaban J connectivity index is 0.0000235.